The zero-order chi connectivity index (χ0) is 12.5. The van der Waals surface area contributed by atoms with Gasteiger partial charge in [-0.15, -0.1) is 10.2 Å². The number of hydrogen-bond acceptors (Lipinski definition) is 5. The van der Waals surface area contributed by atoms with E-state index in [0.717, 1.165) is 5.56 Å². The van der Waals surface area contributed by atoms with Crippen LogP contribution in [0.5, 0.6) is 0 Å². The van der Waals surface area contributed by atoms with Gasteiger partial charge in [0.25, 0.3) is 11.3 Å². The molecule has 18 heavy (non-hydrogen) atoms. The zero-order valence-corrected chi connectivity index (χ0v) is 9.39. The summed E-state index contributed by atoms with van der Waals surface area (Å²) in [6.07, 6.45) is 2.70. The molecule has 90 valence electrons. The van der Waals surface area contributed by atoms with Crippen molar-refractivity contribution >= 4 is 11.5 Å². The standard InChI is InChI=1S/C11H10N6O/c12-9-3-1-8(2-4-9)6-16-10(18)5-14-17-7-13-15-11(16)17/h1-5,7H,6,12H2. The van der Waals surface area contributed by atoms with E-state index in [1.807, 2.05) is 12.1 Å². The second-order valence-electron chi connectivity index (χ2n) is 3.89. The summed E-state index contributed by atoms with van der Waals surface area (Å²) in [7, 11) is 0. The molecule has 0 aliphatic rings. The van der Waals surface area contributed by atoms with E-state index in [2.05, 4.69) is 15.3 Å². The van der Waals surface area contributed by atoms with Crippen LogP contribution in [0.3, 0.4) is 0 Å². The predicted octanol–water partition coefficient (Wildman–Crippen LogP) is -0.0835. The fourth-order valence-corrected chi connectivity index (χ4v) is 1.72. The van der Waals surface area contributed by atoms with Crippen LogP contribution < -0.4 is 11.3 Å². The lowest BCUT2D eigenvalue weighted by molar-refractivity contribution is 0.717. The molecular formula is C11H10N6O. The van der Waals surface area contributed by atoms with Gasteiger partial charge >= 0.3 is 0 Å². The number of anilines is 1. The molecule has 0 aliphatic carbocycles. The highest BCUT2D eigenvalue weighted by Crippen LogP contribution is 2.07. The Balaban J connectivity index is 2.09. The average molecular weight is 242 g/mol. The molecule has 0 unspecified atom stereocenters. The molecular weight excluding hydrogens is 232 g/mol. The number of nitrogens with two attached hydrogens (primary N) is 1. The van der Waals surface area contributed by atoms with E-state index in [4.69, 9.17) is 5.73 Å². The summed E-state index contributed by atoms with van der Waals surface area (Å²) < 4.78 is 2.96. The van der Waals surface area contributed by atoms with Crippen molar-refractivity contribution < 1.29 is 0 Å². The Morgan fingerprint density at radius 1 is 1.22 bits per heavy atom. The number of rotatable bonds is 2. The van der Waals surface area contributed by atoms with Crippen LogP contribution in [-0.2, 0) is 6.54 Å². The van der Waals surface area contributed by atoms with Gasteiger partial charge in [0.2, 0.25) is 0 Å². The number of hydrogen-bond donors (Lipinski definition) is 1. The van der Waals surface area contributed by atoms with E-state index in [1.54, 1.807) is 12.1 Å². The van der Waals surface area contributed by atoms with Gasteiger partial charge in [0.05, 0.1) is 6.54 Å². The molecule has 7 nitrogen and oxygen atoms in total. The molecule has 2 heterocycles. The highest BCUT2D eigenvalue weighted by molar-refractivity contribution is 5.39. The fourth-order valence-electron chi connectivity index (χ4n) is 1.72. The summed E-state index contributed by atoms with van der Waals surface area (Å²) in [5, 5.41) is 11.5. The Morgan fingerprint density at radius 3 is 2.78 bits per heavy atom. The topological polar surface area (TPSA) is 91.1 Å². The number of aromatic nitrogens is 5. The van der Waals surface area contributed by atoms with Gasteiger partial charge in [-0.1, -0.05) is 12.1 Å². The van der Waals surface area contributed by atoms with Crippen molar-refractivity contribution in [3.63, 3.8) is 0 Å². The molecule has 2 aromatic heterocycles. The van der Waals surface area contributed by atoms with Gasteiger partial charge in [0, 0.05) is 5.69 Å². The Bertz CT molecular complexity index is 742. The predicted molar refractivity (Wildman–Crippen MR) is 65.0 cm³/mol. The lowest BCUT2D eigenvalue weighted by Gasteiger charge is -2.06. The summed E-state index contributed by atoms with van der Waals surface area (Å²) in [4.78, 5) is 11.8. The maximum Gasteiger partial charge on any atom is 0.273 e. The van der Waals surface area contributed by atoms with Crippen LogP contribution in [0, 0.1) is 0 Å². The summed E-state index contributed by atoms with van der Waals surface area (Å²) in [5.74, 6) is 0.416. The molecule has 2 N–H and O–H groups in total. The van der Waals surface area contributed by atoms with Crippen LogP contribution in [0.15, 0.2) is 41.6 Å². The first-order chi connectivity index (χ1) is 8.74. The number of nitrogen functional groups attached to an aromatic ring is 1. The van der Waals surface area contributed by atoms with Crippen molar-refractivity contribution in [2.75, 3.05) is 5.73 Å². The molecule has 0 aliphatic heterocycles. The maximum atomic E-state index is 11.8. The molecule has 0 atom stereocenters. The van der Waals surface area contributed by atoms with Gasteiger partial charge < -0.3 is 5.73 Å². The molecule has 3 aromatic rings. The van der Waals surface area contributed by atoms with Crippen LogP contribution >= 0.6 is 0 Å². The van der Waals surface area contributed by atoms with Crippen molar-refractivity contribution in [1.29, 1.82) is 0 Å². The van der Waals surface area contributed by atoms with Crippen LogP contribution in [0.1, 0.15) is 5.56 Å². The SMILES string of the molecule is Nc1ccc(Cn2c(=O)cnn3cnnc23)cc1. The lowest BCUT2D eigenvalue weighted by atomic mass is 10.2. The van der Waals surface area contributed by atoms with Crippen LogP contribution in [0.2, 0.25) is 0 Å². The maximum absolute atomic E-state index is 11.8. The summed E-state index contributed by atoms with van der Waals surface area (Å²) >= 11 is 0. The van der Waals surface area contributed by atoms with Crippen molar-refractivity contribution in [3.8, 4) is 0 Å². The third-order valence-electron chi connectivity index (χ3n) is 2.63. The first-order valence-electron chi connectivity index (χ1n) is 5.34. The van der Waals surface area contributed by atoms with Gasteiger partial charge in [-0.3, -0.25) is 9.36 Å². The number of benzene rings is 1. The van der Waals surface area contributed by atoms with Gasteiger partial charge in [-0.25, -0.2) is 0 Å². The van der Waals surface area contributed by atoms with E-state index < -0.39 is 0 Å². The summed E-state index contributed by atoms with van der Waals surface area (Å²) in [6.45, 7) is 0.407. The Morgan fingerprint density at radius 2 is 2.00 bits per heavy atom. The Hall–Kier alpha value is -2.70. The molecule has 1 aromatic carbocycles. The van der Waals surface area contributed by atoms with Crippen molar-refractivity contribution in [2.24, 2.45) is 0 Å². The molecule has 3 rings (SSSR count). The van der Waals surface area contributed by atoms with E-state index in [0.29, 0.717) is 18.0 Å². The highest BCUT2D eigenvalue weighted by atomic mass is 16.1. The van der Waals surface area contributed by atoms with Crippen molar-refractivity contribution in [3.05, 3.63) is 52.7 Å². The lowest BCUT2D eigenvalue weighted by Crippen LogP contribution is -2.23. The summed E-state index contributed by atoms with van der Waals surface area (Å²) in [5.41, 5.74) is 7.05. The number of fused-ring (bicyclic) bond motifs is 1. The average Bonchev–Trinajstić information content (AvgIpc) is 2.84. The third-order valence-corrected chi connectivity index (χ3v) is 2.63. The van der Waals surface area contributed by atoms with Crippen LogP contribution in [0.25, 0.3) is 5.78 Å². The Labute approximate surface area is 101 Å². The van der Waals surface area contributed by atoms with E-state index >= 15 is 0 Å². The second kappa shape index (κ2) is 3.95. The first kappa shape index (κ1) is 10.5. The molecule has 7 heteroatoms. The zero-order valence-electron chi connectivity index (χ0n) is 9.39. The molecule has 0 fully saturated rings. The van der Waals surface area contributed by atoms with E-state index in [9.17, 15) is 4.79 Å². The van der Waals surface area contributed by atoms with Gasteiger partial charge in [-0.05, 0) is 17.7 Å². The largest absolute Gasteiger partial charge is 0.399 e. The fraction of sp³-hybridized carbons (Fsp3) is 0.0909. The minimum absolute atomic E-state index is 0.215. The van der Waals surface area contributed by atoms with Crippen LogP contribution in [-0.4, -0.2) is 24.4 Å². The number of nitrogens with zero attached hydrogens (tertiary/aromatic N) is 5. The van der Waals surface area contributed by atoms with E-state index in [-0.39, 0.29) is 5.56 Å². The van der Waals surface area contributed by atoms with Crippen molar-refractivity contribution in [2.45, 2.75) is 6.54 Å². The molecule has 0 saturated heterocycles. The van der Waals surface area contributed by atoms with E-state index in [1.165, 1.54) is 21.6 Å². The molecule has 0 amide bonds. The normalized spacial score (nSPS) is 10.9. The summed E-state index contributed by atoms with van der Waals surface area (Å²) in [6, 6.07) is 7.33. The molecule has 0 radical (unpaired) electrons. The minimum atomic E-state index is -0.215. The Kier molecular flexibility index (Phi) is 2.30. The monoisotopic (exact) mass is 242 g/mol. The molecule has 0 saturated carbocycles. The second-order valence-corrected chi connectivity index (χ2v) is 3.89. The quantitative estimate of drug-likeness (QED) is 0.634. The molecule has 0 bridgehead atoms. The van der Waals surface area contributed by atoms with Gasteiger partial charge in [0.1, 0.15) is 12.5 Å². The van der Waals surface area contributed by atoms with Gasteiger partial charge in [-0.2, -0.15) is 9.61 Å². The highest BCUT2D eigenvalue weighted by Gasteiger charge is 2.06. The van der Waals surface area contributed by atoms with Crippen LogP contribution in [0.4, 0.5) is 5.69 Å². The molecule has 0 spiro atoms. The first-order valence-corrected chi connectivity index (χ1v) is 5.34. The minimum Gasteiger partial charge on any atom is -0.399 e. The smallest absolute Gasteiger partial charge is 0.273 e. The van der Waals surface area contributed by atoms with Gasteiger partial charge in [0.15, 0.2) is 0 Å². The van der Waals surface area contributed by atoms with Crippen molar-refractivity contribution in [1.82, 2.24) is 24.4 Å². The third kappa shape index (κ3) is 1.71.